The van der Waals surface area contributed by atoms with Gasteiger partial charge in [-0.15, -0.1) is 0 Å². The molecule has 1 fully saturated rings. The fourth-order valence-corrected chi connectivity index (χ4v) is 3.82. The van der Waals surface area contributed by atoms with Gasteiger partial charge in [0, 0.05) is 17.7 Å². The Kier molecular flexibility index (Phi) is 5.65. The Balaban J connectivity index is 1.72. The summed E-state index contributed by atoms with van der Waals surface area (Å²) in [6.45, 7) is 5.56. The topological polar surface area (TPSA) is 106 Å². The molecule has 3 aromatic rings. The molecule has 0 saturated carbocycles. The lowest BCUT2D eigenvalue weighted by atomic mass is 10.1. The van der Waals surface area contributed by atoms with E-state index in [4.69, 9.17) is 16.6 Å². The predicted octanol–water partition coefficient (Wildman–Crippen LogP) is 4.61. The smallest absolute Gasteiger partial charge is 0.270 e. The van der Waals surface area contributed by atoms with Crippen molar-refractivity contribution in [1.82, 2.24) is 5.32 Å². The Hall–Kier alpha value is -4.11. The van der Waals surface area contributed by atoms with E-state index in [9.17, 15) is 19.7 Å². The first-order chi connectivity index (χ1) is 15.7. The van der Waals surface area contributed by atoms with Crippen molar-refractivity contribution in [3.63, 3.8) is 0 Å². The van der Waals surface area contributed by atoms with Crippen LogP contribution in [-0.2, 0) is 9.59 Å². The molecule has 0 bridgehead atoms. The van der Waals surface area contributed by atoms with Gasteiger partial charge in [-0.05, 0) is 74.0 Å². The van der Waals surface area contributed by atoms with E-state index in [1.165, 1.54) is 23.1 Å². The van der Waals surface area contributed by atoms with E-state index >= 15 is 0 Å². The lowest BCUT2D eigenvalue weighted by Gasteiger charge is -2.30. The van der Waals surface area contributed by atoms with Crippen LogP contribution in [0.25, 0.3) is 17.4 Å². The number of nitro benzene ring substituents is 1. The molecule has 2 aromatic carbocycles. The van der Waals surface area contributed by atoms with E-state index in [1.807, 2.05) is 32.0 Å². The van der Waals surface area contributed by atoms with Gasteiger partial charge < -0.3 is 4.42 Å². The molecule has 0 atom stereocenters. The van der Waals surface area contributed by atoms with E-state index in [0.717, 1.165) is 16.7 Å². The van der Waals surface area contributed by atoms with Crippen molar-refractivity contribution < 1.29 is 18.9 Å². The molecule has 0 radical (unpaired) electrons. The number of non-ortho nitro benzene ring substituents is 1. The minimum absolute atomic E-state index is 0.00297. The van der Waals surface area contributed by atoms with Crippen molar-refractivity contribution in [2.45, 2.75) is 20.8 Å². The summed E-state index contributed by atoms with van der Waals surface area (Å²) in [7, 11) is 0. The van der Waals surface area contributed by atoms with Gasteiger partial charge in [0.2, 0.25) is 0 Å². The molecule has 0 spiro atoms. The van der Waals surface area contributed by atoms with Crippen molar-refractivity contribution in [2.75, 3.05) is 4.90 Å². The third-order valence-corrected chi connectivity index (χ3v) is 5.60. The predicted molar refractivity (Wildman–Crippen MR) is 128 cm³/mol. The number of rotatable bonds is 4. The highest BCUT2D eigenvalue weighted by molar-refractivity contribution is 7.80. The van der Waals surface area contributed by atoms with Gasteiger partial charge in [-0.2, -0.15) is 0 Å². The van der Waals surface area contributed by atoms with Gasteiger partial charge in [0.25, 0.3) is 17.5 Å². The van der Waals surface area contributed by atoms with Crippen LogP contribution >= 0.6 is 12.2 Å². The molecule has 4 rings (SSSR count). The lowest BCUT2D eigenvalue weighted by molar-refractivity contribution is -0.384. The van der Waals surface area contributed by atoms with Crippen LogP contribution < -0.4 is 10.2 Å². The number of nitrogens with one attached hydrogen (secondary N) is 1. The Morgan fingerprint density at radius 2 is 1.76 bits per heavy atom. The molecule has 166 valence electrons. The van der Waals surface area contributed by atoms with Crippen molar-refractivity contribution in [1.29, 1.82) is 0 Å². The highest BCUT2D eigenvalue weighted by Crippen LogP contribution is 2.31. The second-order valence-electron chi connectivity index (χ2n) is 7.71. The van der Waals surface area contributed by atoms with Crippen LogP contribution in [0.5, 0.6) is 0 Å². The third-order valence-electron chi connectivity index (χ3n) is 5.32. The summed E-state index contributed by atoms with van der Waals surface area (Å²) in [5.74, 6) is -0.560. The van der Waals surface area contributed by atoms with Gasteiger partial charge in [0.15, 0.2) is 5.11 Å². The molecule has 0 aliphatic carbocycles. The van der Waals surface area contributed by atoms with Crippen molar-refractivity contribution in [3.05, 3.63) is 86.7 Å². The molecule has 2 heterocycles. The molecule has 1 aliphatic rings. The number of aryl methyl sites for hydroxylation is 3. The van der Waals surface area contributed by atoms with Crippen molar-refractivity contribution in [2.24, 2.45) is 0 Å². The summed E-state index contributed by atoms with van der Waals surface area (Å²) in [4.78, 5) is 37.8. The van der Waals surface area contributed by atoms with E-state index in [1.54, 1.807) is 25.1 Å². The van der Waals surface area contributed by atoms with Crippen LogP contribution in [0.15, 0.2) is 58.5 Å². The Morgan fingerprint density at radius 1 is 1.03 bits per heavy atom. The maximum absolute atomic E-state index is 13.3. The summed E-state index contributed by atoms with van der Waals surface area (Å²) in [6.07, 6.45) is 1.34. The number of nitrogens with zero attached hydrogens (tertiary/aromatic N) is 2. The van der Waals surface area contributed by atoms with Gasteiger partial charge in [0.05, 0.1) is 10.6 Å². The van der Waals surface area contributed by atoms with Gasteiger partial charge in [-0.3, -0.25) is 29.9 Å². The van der Waals surface area contributed by atoms with Crippen LogP contribution in [0.2, 0.25) is 0 Å². The lowest BCUT2D eigenvalue weighted by Crippen LogP contribution is -2.54. The molecule has 2 amide bonds. The summed E-state index contributed by atoms with van der Waals surface area (Å²) >= 11 is 5.27. The number of carbonyl (C=O) groups is 2. The Bertz CT molecular complexity index is 1370. The average Bonchev–Trinajstić information content (AvgIpc) is 3.22. The van der Waals surface area contributed by atoms with Crippen molar-refractivity contribution >= 4 is 46.6 Å². The number of furan rings is 1. The number of benzene rings is 2. The first-order valence-corrected chi connectivity index (χ1v) is 10.4. The fraction of sp³-hybridized carbons (Fsp3) is 0.125. The summed E-state index contributed by atoms with van der Waals surface area (Å²) in [6, 6.07) is 13.3. The Labute approximate surface area is 194 Å². The van der Waals surface area contributed by atoms with Crippen LogP contribution in [-0.4, -0.2) is 21.9 Å². The molecular formula is C24H19N3O5S. The zero-order valence-electron chi connectivity index (χ0n) is 18.0. The summed E-state index contributed by atoms with van der Waals surface area (Å²) in [5.41, 5.74) is 3.49. The molecule has 1 aliphatic heterocycles. The third kappa shape index (κ3) is 4.18. The van der Waals surface area contributed by atoms with Gasteiger partial charge >= 0.3 is 0 Å². The summed E-state index contributed by atoms with van der Waals surface area (Å²) in [5, 5.41) is 13.7. The van der Waals surface area contributed by atoms with Gasteiger partial charge in [0.1, 0.15) is 17.1 Å². The van der Waals surface area contributed by atoms with Crippen LogP contribution in [0.4, 0.5) is 11.4 Å². The van der Waals surface area contributed by atoms with Crippen LogP contribution in [0.1, 0.15) is 22.5 Å². The van der Waals surface area contributed by atoms with Crippen LogP contribution in [0, 0.1) is 30.9 Å². The molecule has 8 nitrogen and oxygen atoms in total. The maximum Gasteiger partial charge on any atom is 0.270 e. The number of carbonyl (C=O) groups excluding carboxylic acids is 2. The first kappa shape index (κ1) is 22.1. The average molecular weight is 461 g/mol. The molecule has 1 N–H and O–H groups in total. The minimum atomic E-state index is -0.629. The zero-order chi connectivity index (χ0) is 23.9. The quantitative estimate of drug-likeness (QED) is 0.200. The standard InChI is InChI=1S/C24H19N3O5S/c1-13-4-5-15(3)20(10-13)26-23(29)19(22(28)25-24(26)33)12-17-8-9-21(32-17)18-11-16(27(30)31)7-6-14(18)2/h4-12H,1-3H3,(H,25,28,33)/b19-12+. The SMILES string of the molecule is Cc1ccc(C)c(N2C(=O)/C(=C/c3ccc(-c4cc([N+](=O)[O-])ccc4C)o3)C(=O)NC2=S)c1. The first-order valence-electron chi connectivity index (χ1n) is 9.99. The normalized spacial score (nSPS) is 15.2. The molecule has 1 saturated heterocycles. The monoisotopic (exact) mass is 461 g/mol. The molecule has 0 unspecified atom stereocenters. The number of nitro groups is 1. The second-order valence-corrected chi connectivity index (χ2v) is 8.09. The molecule has 9 heteroatoms. The van der Waals surface area contributed by atoms with Gasteiger partial charge in [-0.25, -0.2) is 0 Å². The molecular weight excluding hydrogens is 442 g/mol. The Morgan fingerprint density at radius 3 is 2.48 bits per heavy atom. The molecule has 1 aromatic heterocycles. The fourth-order valence-electron chi connectivity index (χ4n) is 3.54. The van der Waals surface area contributed by atoms with E-state index in [0.29, 0.717) is 17.0 Å². The van der Waals surface area contributed by atoms with Gasteiger partial charge in [-0.1, -0.05) is 18.2 Å². The minimum Gasteiger partial charge on any atom is -0.457 e. The largest absolute Gasteiger partial charge is 0.457 e. The second kappa shape index (κ2) is 8.44. The summed E-state index contributed by atoms with van der Waals surface area (Å²) < 4.78 is 5.81. The highest BCUT2D eigenvalue weighted by atomic mass is 32.1. The van der Waals surface area contributed by atoms with E-state index < -0.39 is 16.7 Å². The van der Waals surface area contributed by atoms with Crippen LogP contribution in [0.3, 0.4) is 0 Å². The number of hydrogen-bond acceptors (Lipinski definition) is 6. The number of hydrogen-bond donors (Lipinski definition) is 1. The number of amides is 2. The maximum atomic E-state index is 13.3. The highest BCUT2D eigenvalue weighted by Gasteiger charge is 2.35. The van der Waals surface area contributed by atoms with E-state index in [2.05, 4.69) is 5.32 Å². The number of anilines is 1. The molecule has 33 heavy (non-hydrogen) atoms. The number of thiocarbonyl (C=S) groups is 1. The van der Waals surface area contributed by atoms with Crippen molar-refractivity contribution in [3.8, 4) is 11.3 Å². The van der Waals surface area contributed by atoms with E-state index in [-0.39, 0.29) is 22.1 Å². The zero-order valence-corrected chi connectivity index (χ0v) is 18.9.